The Balaban J connectivity index is 1.51. The molecule has 0 atom stereocenters. The molecule has 4 aromatic heterocycles. The normalized spacial score (nSPS) is 10.8. The van der Waals surface area contributed by atoms with E-state index in [4.69, 9.17) is 16.4 Å². The average molecular weight is 405 g/mol. The molecule has 0 N–H and O–H groups in total. The number of rotatable bonds is 6. The zero-order valence-corrected chi connectivity index (χ0v) is 17.8. The van der Waals surface area contributed by atoms with Gasteiger partial charge in [0.05, 0.1) is 22.8 Å². The molecule has 0 aliphatic heterocycles. The van der Waals surface area contributed by atoms with Gasteiger partial charge in [-0.15, -0.1) is 12.3 Å². The van der Waals surface area contributed by atoms with Crippen molar-refractivity contribution in [2.45, 2.75) is 26.7 Å². The van der Waals surface area contributed by atoms with Crippen molar-refractivity contribution in [1.82, 2.24) is 19.9 Å². The lowest BCUT2D eigenvalue weighted by molar-refractivity contribution is 0.645. The highest BCUT2D eigenvalue weighted by molar-refractivity contribution is 5.55. The first kappa shape index (κ1) is 20.4. The number of hydrogen-bond acceptors (Lipinski definition) is 4. The molecule has 0 fully saturated rings. The van der Waals surface area contributed by atoms with Crippen LogP contribution >= 0.6 is 0 Å². The van der Waals surface area contributed by atoms with E-state index in [1.165, 1.54) is 0 Å². The number of pyridine rings is 4. The molecule has 4 heteroatoms. The first-order chi connectivity index (χ1) is 15.1. The van der Waals surface area contributed by atoms with Crippen molar-refractivity contribution in [2.75, 3.05) is 0 Å². The van der Waals surface area contributed by atoms with E-state index in [-0.39, 0.29) is 5.92 Å². The van der Waals surface area contributed by atoms with Crippen LogP contribution in [0, 0.1) is 32.1 Å². The van der Waals surface area contributed by atoms with E-state index in [1.807, 2.05) is 86.6 Å². The molecule has 0 radical (unpaired) electrons. The summed E-state index contributed by atoms with van der Waals surface area (Å²) >= 11 is 0. The first-order valence-electron chi connectivity index (χ1n) is 10.4. The molecule has 0 aliphatic carbocycles. The van der Waals surface area contributed by atoms with Gasteiger partial charge in [0.15, 0.2) is 0 Å². The van der Waals surface area contributed by atoms with Crippen LogP contribution in [0.2, 0.25) is 0 Å². The van der Waals surface area contributed by atoms with Gasteiger partial charge in [-0.1, -0.05) is 24.3 Å². The summed E-state index contributed by atoms with van der Waals surface area (Å²) in [7, 11) is 0. The van der Waals surface area contributed by atoms with Crippen molar-refractivity contribution in [3.05, 3.63) is 95.6 Å². The van der Waals surface area contributed by atoms with Crippen molar-refractivity contribution in [3.8, 4) is 35.1 Å². The van der Waals surface area contributed by atoms with Crippen LogP contribution in [-0.4, -0.2) is 19.9 Å². The third-order valence-electron chi connectivity index (χ3n) is 5.06. The number of aryl methyl sites for hydroxylation is 2. The van der Waals surface area contributed by atoms with E-state index in [9.17, 15) is 0 Å². The molecule has 4 heterocycles. The zero-order valence-electron chi connectivity index (χ0n) is 17.8. The van der Waals surface area contributed by atoms with E-state index in [0.29, 0.717) is 12.8 Å². The fraction of sp³-hybridized carbons (Fsp3) is 0.185. The predicted molar refractivity (Wildman–Crippen MR) is 124 cm³/mol. The van der Waals surface area contributed by atoms with Crippen LogP contribution in [0.25, 0.3) is 22.8 Å². The van der Waals surface area contributed by atoms with E-state index < -0.39 is 0 Å². The lowest BCUT2D eigenvalue weighted by Crippen LogP contribution is -2.09. The number of nitrogens with zero attached hydrogens (tertiary/aromatic N) is 4. The Hall–Kier alpha value is -3.84. The third-order valence-corrected chi connectivity index (χ3v) is 5.06. The highest BCUT2D eigenvalue weighted by atomic mass is 14.8. The number of aromatic nitrogens is 4. The Bertz CT molecular complexity index is 1150. The second kappa shape index (κ2) is 9.32. The fourth-order valence-corrected chi connectivity index (χ4v) is 3.54. The van der Waals surface area contributed by atoms with Crippen molar-refractivity contribution in [3.63, 3.8) is 0 Å². The topological polar surface area (TPSA) is 51.6 Å². The monoisotopic (exact) mass is 404 g/mol. The van der Waals surface area contributed by atoms with Crippen LogP contribution in [0.1, 0.15) is 22.8 Å². The quantitative estimate of drug-likeness (QED) is 0.412. The van der Waals surface area contributed by atoms with Gasteiger partial charge in [0, 0.05) is 41.5 Å². The Kier molecular flexibility index (Phi) is 6.14. The molecule has 4 rings (SSSR count). The molecule has 0 amide bonds. The highest BCUT2D eigenvalue weighted by Crippen LogP contribution is 2.20. The summed E-state index contributed by atoms with van der Waals surface area (Å²) in [6.45, 7) is 3.96. The second-order valence-corrected chi connectivity index (χ2v) is 7.63. The van der Waals surface area contributed by atoms with Gasteiger partial charge in [-0.25, -0.2) is 0 Å². The summed E-state index contributed by atoms with van der Waals surface area (Å²) in [4.78, 5) is 18.8. The van der Waals surface area contributed by atoms with Crippen LogP contribution in [0.4, 0.5) is 0 Å². The maximum atomic E-state index is 5.88. The van der Waals surface area contributed by atoms with Gasteiger partial charge >= 0.3 is 0 Å². The van der Waals surface area contributed by atoms with Crippen molar-refractivity contribution >= 4 is 0 Å². The molecule has 0 bridgehead atoms. The Morgan fingerprint density at radius 2 is 1.00 bits per heavy atom. The van der Waals surface area contributed by atoms with Gasteiger partial charge in [0.1, 0.15) is 0 Å². The fourth-order valence-electron chi connectivity index (χ4n) is 3.54. The SMILES string of the molecule is C#CC(Cc1cccc(-c2cccc(C)n2)n1)Cc1cccc(-c2cccc(C)n2)n1. The maximum absolute atomic E-state index is 5.88. The molecule has 4 nitrogen and oxygen atoms in total. The zero-order chi connectivity index (χ0) is 21.6. The summed E-state index contributed by atoms with van der Waals surface area (Å²) in [5, 5.41) is 0. The Morgan fingerprint density at radius 1 is 0.613 bits per heavy atom. The smallest absolute Gasteiger partial charge is 0.0889 e. The lowest BCUT2D eigenvalue weighted by atomic mass is 9.97. The molecular weight excluding hydrogens is 380 g/mol. The van der Waals surface area contributed by atoms with E-state index in [2.05, 4.69) is 15.9 Å². The average Bonchev–Trinajstić information content (AvgIpc) is 2.79. The van der Waals surface area contributed by atoms with E-state index in [0.717, 1.165) is 45.6 Å². The van der Waals surface area contributed by atoms with Gasteiger partial charge in [0.2, 0.25) is 0 Å². The number of hydrogen-bond donors (Lipinski definition) is 0. The highest BCUT2D eigenvalue weighted by Gasteiger charge is 2.12. The lowest BCUT2D eigenvalue weighted by Gasteiger charge is -2.12. The molecule has 0 unspecified atom stereocenters. The minimum atomic E-state index is 0.00133. The summed E-state index contributed by atoms with van der Waals surface area (Å²) in [6.07, 6.45) is 7.25. The van der Waals surface area contributed by atoms with Crippen molar-refractivity contribution in [2.24, 2.45) is 5.92 Å². The standard InChI is InChI=1S/C27H24N4/c1-4-21(17-22-11-7-15-26(30-22)24-13-5-9-19(2)28-24)18-23-12-8-16-27(31-23)25-14-6-10-20(3)29-25/h1,5-16,21H,17-18H2,2-3H3. The van der Waals surface area contributed by atoms with Gasteiger partial charge in [0.25, 0.3) is 0 Å². The molecule has 4 aromatic rings. The Labute approximate surface area is 183 Å². The van der Waals surface area contributed by atoms with Gasteiger partial charge in [-0.3, -0.25) is 19.9 Å². The van der Waals surface area contributed by atoms with Gasteiger partial charge in [-0.2, -0.15) is 0 Å². The molecule has 0 saturated heterocycles. The predicted octanol–water partition coefficient (Wildman–Crippen LogP) is 5.25. The van der Waals surface area contributed by atoms with Crippen molar-refractivity contribution in [1.29, 1.82) is 0 Å². The summed E-state index contributed by atoms with van der Waals surface area (Å²) < 4.78 is 0. The van der Waals surface area contributed by atoms with Crippen LogP contribution in [0.5, 0.6) is 0 Å². The van der Waals surface area contributed by atoms with Crippen molar-refractivity contribution < 1.29 is 0 Å². The van der Waals surface area contributed by atoms with Crippen LogP contribution in [0.3, 0.4) is 0 Å². The van der Waals surface area contributed by atoms with E-state index >= 15 is 0 Å². The van der Waals surface area contributed by atoms with Crippen LogP contribution in [-0.2, 0) is 12.8 Å². The summed E-state index contributed by atoms with van der Waals surface area (Å²) in [5.41, 5.74) is 7.34. The molecule has 0 aliphatic rings. The van der Waals surface area contributed by atoms with Crippen LogP contribution < -0.4 is 0 Å². The summed E-state index contributed by atoms with van der Waals surface area (Å²) in [6, 6.07) is 23.9. The number of terminal acetylenes is 1. The van der Waals surface area contributed by atoms with Crippen LogP contribution in [0.15, 0.2) is 72.8 Å². The molecule has 0 aromatic carbocycles. The largest absolute Gasteiger partial charge is 0.251 e. The second-order valence-electron chi connectivity index (χ2n) is 7.63. The minimum Gasteiger partial charge on any atom is -0.251 e. The Morgan fingerprint density at radius 3 is 1.39 bits per heavy atom. The molecule has 152 valence electrons. The summed E-state index contributed by atoms with van der Waals surface area (Å²) in [5.74, 6) is 2.93. The molecule has 0 saturated carbocycles. The minimum absolute atomic E-state index is 0.00133. The third kappa shape index (κ3) is 5.21. The maximum Gasteiger partial charge on any atom is 0.0889 e. The van der Waals surface area contributed by atoms with E-state index in [1.54, 1.807) is 0 Å². The van der Waals surface area contributed by atoms with Gasteiger partial charge < -0.3 is 0 Å². The molecule has 0 spiro atoms. The molecule has 31 heavy (non-hydrogen) atoms. The first-order valence-corrected chi connectivity index (χ1v) is 10.4. The molecular formula is C27H24N4. The van der Waals surface area contributed by atoms with Gasteiger partial charge in [-0.05, 0) is 62.4 Å².